The molecule has 2 unspecified atom stereocenters. The number of amides is 2. The van der Waals surface area contributed by atoms with Crippen LogP contribution in [0.2, 0.25) is 0 Å². The lowest BCUT2D eigenvalue weighted by Crippen LogP contribution is -2.46. The molecule has 2 amide bonds. The average Bonchev–Trinajstić information content (AvgIpc) is 3.39. The second-order valence-electron chi connectivity index (χ2n) is 13.0. The second kappa shape index (κ2) is 14.7. The maximum absolute atomic E-state index is 13.9. The van der Waals surface area contributed by atoms with Crippen molar-refractivity contribution in [1.29, 1.82) is 0 Å². The predicted octanol–water partition coefficient (Wildman–Crippen LogP) is 6.97. The predicted molar refractivity (Wildman–Crippen MR) is 178 cm³/mol. The van der Waals surface area contributed by atoms with E-state index in [1.54, 1.807) is 7.11 Å². The van der Waals surface area contributed by atoms with Gasteiger partial charge in [-0.25, -0.2) is 9.78 Å². The van der Waals surface area contributed by atoms with Crippen molar-refractivity contribution in [3.8, 4) is 11.1 Å². The number of piperidine rings is 1. The van der Waals surface area contributed by atoms with E-state index >= 15 is 0 Å². The minimum absolute atomic E-state index is 0.0296. The van der Waals surface area contributed by atoms with Crippen molar-refractivity contribution < 1.29 is 19.1 Å². The summed E-state index contributed by atoms with van der Waals surface area (Å²) in [6, 6.07) is 26.3. The maximum atomic E-state index is 13.9. The van der Waals surface area contributed by atoms with Gasteiger partial charge in [-0.3, -0.25) is 4.79 Å². The highest BCUT2D eigenvalue weighted by Gasteiger charge is 2.30. The Labute approximate surface area is 266 Å². The summed E-state index contributed by atoms with van der Waals surface area (Å²) in [6.07, 6.45) is 2.96. The lowest BCUT2D eigenvalue weighted by Gasteiger charge is -2.34. The van der Waals surface area contributed by atoms with Crippen LogP contribution < -0.4 is 5.32 Å². The molecule has 238 valence electrons. The van der Waals surface area contributed by atoms with Gasteiger partial charge in [0.15, 0.2) is 0 Å². The summed E-state index contributed by atoms with van der Waals surface area (Å²) >= 11 is 0. The zero-order valence-electron chi connectivity index (χ0n) is 27.0. The van der Waals surface area contributed by atoms with Gasteiger partial charge in [-0.15, -0.1) is 0 Å². The van der Waals surface area contributed by atoms with Crippen LogP contribution in [0.1, 0.15) is 63.8 Å². The van der Waals surface area contributed by atoms with Crippen LogP contribution in [0.4, 0.5) is 4.79 Å². The molecule has 3 aromatic carbocycles. The Morgan fingerprint density at radius 1 is 1.00 bits per heavy atom. The number of rotatable bonds is 11. The van der Waals surface area contributed by atoms with Crippen LogP contribution in [0, 0.1) is 0 Å². The SMILES string of the molecule is COCCCn1c(C2CCCN(C(=O)CC(Cc3cccc(-c4ccccc4)c3)NC(=O)OC(C)(C)C)C2)nc2ccccc21. The van der Waals surface area contributed by atoms with Crippen LogP contribution >= 0.6 is 0 Å². The first-order chi connectivity index (χ1) is 21.7. The van der Waals surface area contributed by atoms with Crippen molar-refractivity contribution in [2.24, 2.45) is 0 Å². The molecule has 0 bridgehead atoms. The summed E-state index contributed by atoms with van der Waals surface area (Å²) < 4.78 is 13.2. The van der Waals surface area contributed by atoms with Gasteiger partial charge in [-0.05, 0) is 75.3 Å². The lowest BCUT2D eigenvalue weighted by atomic mass is 9.95. The molecule has 1 saturated heterocycles. The highest BCUT2D eigenvalue weighted by molar-refractivity contribution is 5.79. The number of ether oxygens (including phenoxy) is 2. The Morgan fingerprint density at radius 2 is 1.76 bits per heavy atom. The molecule has 5 rings (SSSR count). The number of carbonyl (C=O) groups is 2. The molecule has 8 nitrogen and oxygen atoms in total. The molecule has 1 aliphatic heterocycles. The molecule has 1 aromatic heterocycles. The number of aryl methyl sites for hydroxylation is 1. The van der Waals surface area contributed by atoms with Crippen molar-refractivity contribution in [2.45, 2.75) is 77.0 Å². The number of alkyl carbamates (subject to hydrolysis) is 1. The van der Waals surface area contributed by atoms with Gasteiger partial charge in [0, 0.05) is 51.7 Å². The van der Waals surface area contributed by atoms with Crippen LogP contribution in [0.5, 0.6) is 0 Å². The molecular formula is C37H46N4O4. The van der Waals surface area contributed by atoms with Gasteiger partial charge in [0.05, 0.1) is 11.0 Å². The van der Waals surface area contributed by atoms with E-state index < -0.39 is 17.7 Å². The van der Waals surface area contributed by atoms with Crippen LogP contribution in [0.25, 0.3) is 22.2 Å². The summed E-state index contributed by atoms with van der Waals surface area (Å²) in [4.78, 5) is 33.8. The number of nitrogens with zero attached hydrogens (tertiary/aromatic N) is 3. The number of hydrogen-bond donors (Lipinski definition) is 1. The van der Waals surface area contributed by atoms with Crippen molar-refractivity contribution in [3.05, 3.63) is 90.3 Å². The molecule has 2 atom stereocenters. The number of nitrogens with one attached hydrogen (secondary N) is 1. The molecule has 0 aliphatic carbocycles. The Bertz CT molecular complexity index is 1580. The van der Waals surface area contributed by atoms with E-state index in [4.69, 9.17) is 14.5 Å². The Balaban J connectivity index is 1.33. The minimum atomic E-state index is -0.638. The monoisotopic (exact) mass is 610 g/mol. The van der Waals surface area contributed by atoms with Crippen LogP contribution in [0.15, 0.2) is 78.9 Å². The zero-order chi connectivity index (χ0) is 31.8. The van der Waals surface area contributed by atoms with E-state index in [1.165, 1.54) is 0 Å². The van der Waals surface area contributed by atoms with E-state index in [2.05, 4.69) is 46.3 Å². The topological polar surface area (TPSA) is 85.7 Å². The van der Waals surface area contributed by atoms with Gasteiger partial charge in [0.1, 0.15) is 11.4 Å². The second-order valence-corrected chi connectivity index (χ2v) is 13.0. The van der Waals surface area contributed by atoms with E-state index in [9.17, 15) is 9.59 Å². The molecule has 0 spiro atoms. The molecule has 45 heavy (non-hydrogen) atoms. The number of methoxy groups -OCH3 is 1. The van der Waals surface area contributed by atoms with Gasteiger partial charge < -0.3 is 24.3 Å². The molecule has 0 saturated carbocycles. The van der Waals surface area contributed by atoms with E-state index in [1.807, 2.05) is 68.1 Å². The summed E-state index contributed by atoms with van der Waals surface area (Å²) in [5.41, 5.74) is 4.73. The van der Waals surface area contributed by atoms with Gasteiger partial charge in [-0.1, -0.05) is 66.7 Å². The van der Waals surface area contributed by atoms with E-state index in [-0.39, 0.29) is 18.2 Å². The highest BCUT2D eigenvalue weighted by atomic mass is 16.6. The number of hydrogen-bond acceptors (Lipinski definition) is 5. The van der Waals surface area contributed by atoms with E-state index in [0.717, 1.165) is 59.4 Å². The first-order valence-electron chi connectivity index (χ1n) is 16.1. The molecule has 8 heteroatoms. The van der Waals surface area contributed by atoms with Crippen molar-refractivity contribution in [3.63, 3.8) is 0 Å². The van der Waals surface area contributed by atoms with Gasteiger partial charge in [0.25, 0.3) is 0 Å². The third-order valence-corrected chi connectivity index (χ3v) is 8.21. The number of para-hydroxylation sites is 2. The molecule has 1 fully saturated rings. The number of imidazole rings is 1. The first-order valence-corrected chi connectivity index (χ1v) is 16.1. The van der Waals surface area contributed by atoms with E-state index in [0.29, 0.717) is 26.1 Å². The third-order valence-electron chi connectivity index (χ3n) is 8.21. The summed E-state index contributed by atoms with van der Waals surface area (Å²) in [5, 5.41) is 3.01. The highest BCUT2D eigenvalue weighted by Crippen LogP contribution is 2.30. The number of benzene rings is 3. The number of likely N-dealkylation sites (tertiary alicyclic amines) is 1. The fourth-order valence-electron chi connectivity index (χ4n) is 6.20. The normalized spacial score (nSPS) is 16.0. The molecule has 0 radical (unpaired) electrons. The molecule has 2 heterocycles. The number of carbonyl (C=O) groups excluding carboxylic acids is 2. The molecule has 1 aliphatic rings. The summed E-state index contributed by atoms with van der Waals surface area (Å²) in [6.45, 7) is 8.32. The number of fused-ring (bicyclic) bond motifs is 1. The average molecular weight is 611 g/mol. The van der Waals surface area contributed by atoms with Crippen LogP contribution in [0.3, 0.4) is 0 Å². The molecule has 4 aromatic rings. The fourth-order valence-corrected chi connectivity index (χ4v) is 6.20. The minimum Gasteiger partial charge on any atom is -0.444 e. The van der Waals surface area contributed by atoms with Crippen molar-refractivity contribution in [2.75, 3.05) is 26.8 Å². The summed E-state index contributed by atoms with van der Waals surface area (Å²) in [5.74, 6) is 1.20. The van der Waals surface area contributed by atoms with Crippen LogP contribution in [-0.2, 0) is 27.2 Å². The Kier molecular flexibility index (Phi) is 10.6. The third kappa shape index (κ3) is 8.72. The first kappa shape index (κ1) is 32.2. The standard InChI is InChI=1S/C37H46N4O4/c1-37(2,3)45-36(43)38-31(24-27-13-10-16-29(23-27)28-14-6-5-7-15-28)25-34(42)40-20-11-17-30(26-40)35-39-32-18-8-9-19-33(32)41(35)21-12-22-44-4/h5-10,13-16,18-19,23,30-31H,11-12,17,20-22,24-26H2,1-4H3,(H,38,43). The fraction of sp³-hybridized carbons (Fsp3) is 0.432. The zero-order valence-corrected chi connectivity index (χ0v) is 27.0. The van der Waals surface area contributed by atoms with Crippen molar-refractivity contribution in [1.82, 2.24) is 19.8 Å². The number of aromatic nitrogens is 2. The molecular weight excluding hydrogens is 564 g/mol. The van der Waals surface area contributed by atoms with Crippen LogP contribution in [-0.4, -0.2) is 64.9 Å². The Hall–Kier alpha value is -4.17. The smallest absolute Gasteiger partial charge is 0.407 e. The quantitative estimate of drug-likeness (QED) is 0.185. The largest absolute Gasteiger partial charge is 0.444 e. The van der Waals surface area contributed by atoms with Gasteiger partial charge in [0.2, 0.25) is 5.91 Å². The summed E-state index contributed by atoms with van der Waals surface area (Å²) in [7, 11) is 1.72. The van der Waals surface area contributed by atoms with Crippen molar-refractivity contribution >= 4 is 23.0 Å². The maximum Gasteiger partial charge on any atom is 0.407 e. The molecule has 1 N–H and O–H groups in total. The van der Waals surface area contributed by atoms with Gasteiger partial charge in [-0.2, -0.15) is 0 Å². The van der Waals surface area contributed by atoms with Gasteiger partial charge >= 0.3 is 6.09 Å². The lowest BCUT2D eigenvalue weighted by molar-refractivity contribution is -0.132. The Morgan fingerprint density at radius 3 is 2.53 bits per heavy atom.